The maximum Gasteiger partial charge on any atom is -0.0193 e. The Hall–Kier alpha value is -0.520. The lowest BCUT2D eigenvalue weighted by atomic mass is 9.81. The molecule has 0 aromatic carbocycles. The Morgan fingerprint density at radius 2 is 1.44 bits per heavy atom. The summed E-state index contributed by atoms with van der Waals surface area (Å²) in [5.74, 6) is 1.77. The van der Waals surface area contributed by atoms with Gasteiger partial charge in [-0.25, -0.2) is 0 Å². The molecular weight excluding hydrogens is 108 g/mol. The fourth-order valence-electron chi connectivity index (χ4n) is 1.79. The van der Waals surface area contributed by atoms with Crippen molar-refractivity contribution >= 4 is 0 Å². The summed E-state index contributed by atoms with van der Waals surface area (Å²) in [6, 6.07) is 0. The average molecular weight is 120 g/mol. The summed E-state index contributed by atoms with van der Waals surface area (Å²) in [4.78, 5) is 0. The molecule has 0 N–H and O–H groups in total. The number of fused-ring (bicyclic) bond motifs is 2. The van der Waals surface area contributed by atoms with Gasteiger partial charge in [-0.2, -0.15) is 0 Å². The van der Waals surface area contributed by atoms with Crippen molar-refractivity contribution in [2.75, 3.05) is 0 Å². The van der Waals surface area contributed by atoms with Gasteiger partial charge >= 0.3 is 0 Å². The molecule has 0 aromatic rings. The van der Waals surface area contributed by atoms with Crippen LogP contribution in [0.5, 0.6) is 0 Å². The van der Waals surface area contributed by atoms with E-state index in [-0.39, 0.29) is 0 Å². The van der Waals surface area contributed by atoms with Crippen LogP contribution in [0.25, 0.3) is 0 Å². The molecular formula is C9H12. The molecule has 2 bridgehead atoms. The van der Waals surface area contributed by atoms with Crippen molar-refractivity contribution in [2.24, 2.45) is 11.8 Å². The third-order valence-corrected chi connectivity index (χ3v) is 2.30. The Bertz CT molecular complexity index is 135. The van der Waals surface area contributed by atoms with Gasteiger partial charge in [0.05, 0.1) is 0 Å². The molecule has 2 rings (SSSR count). The largest absolute Gasteiger partial charge is 0.0877 e. The average Bonchev–Trinajstić information content (AvgIpc) is 1.88. The van der Waals surface area contributed by atoms with Crippen LogP contribution in [-0.4, -0.2) is 0 Å². The monoisotopic (exact) mass is 120 g/mol. The number of allylic oxidation sites excluding steroid dienone is 4. The third-order valence-electron chi connectivity index (χ3n) is 2.30. The molecule has 2 aliphatic rings. The minimum Gasteiger partial charge on any atom is -0.0877 e. The highest BCUT2D eigenvalue weighted by molar-refractivity contribution is 5.08. The van der Waals surface area contributed by atoms with Gasteiger partial charge in [-0.15, -0.1) is 0 Å². The van der Waals surface area contributed by atoms with E-state index in [1.807, 2.05) is 0 Å². The van der Waals surface area contributed by atoms with Gasteiger partial charge in [0.15, 0.2) is 0 Å². The first-order valence-corrected chi connectivity index (χ1v) is 3.78. The van der Waals surface area contributed by atoms with Gasteiger partial charge in [0.1, 0.15) is 0 Å². The van der Waals surface area contributed by atoms with Crippen LogP contribution >= 0.6 is 0 Å². The van der Waals surface area contributed by atoms with E-state index < -0.39 is 0 Å². The zero-order chi connectivity index (χ0) is 6.10. The standard InChI is InChI=1S/C9H12/c1-3-8-5-2-6-9(4-1)7-8/h1-3,6,8-9H,4-5,7H2/t8-,9+/m0/s1. The van der Waals surface area contributed by atoms with E-state index >= 15 is 0 Å². The Morgan fingerprint density at radius 1 is 0.889 bits per heavy atom. The van der Waals surface area contributed by atoms with Gasteiger partial charge in [-0.1, -0.05) is 24.3 Å². The summed E-state index contributed by atoms with van der Waals surface area (Å²) in [7, 11) is 0. The minimum atomic E-state index is 0.883. The van der Waals surface area contributed by atoms with E-state index in [4.69, 9.17) is 0 Å². The van der Waals surface area contributed by atoms with Gasteiger partial charge in [-0.3, -0.25) is 0 Å². The highest BCUT2D eigenvalue weighted by atomic mass is 14.2. The van der Waals surface area contributed by atoms with E-state index in [0.29, 0.717) is 0 Å². The molecule has 0 aromatic heterocycles. The lowest BCUT2D eigenvalue weighted by Gasteiger charge is -2.25. The van der Waals surface area contributed by atoms with Crippen molar-refractivity contribution in [3.63, 3.8) is 0 Å². The molecule has 0 saturated heterocycles. The normalized spacial score (nSPS) is 39.1. The molecule has 0 unspecified atom stereocenters. The second-order valence-electron chi connectivity index (χ2n) is 3.08. The molecule has 2 atom stereocenters. The van der Waals surface area contributed by atoms with Crippen LogP contribution in [-0.2, 0) is 0 Å². The van der Waals surface area contributed by atoms with E-state index in [9.17, 15) is 0 Å². The van der Waals surface area contributed by atoms with Gasteiger partial charge in [-0.05, 0) is 31.1 Å². The fourth-order valence-corrected chi connectivity index (χ4v) is 1.79. The molecule has 0 spiro atoms. The molecule has 0 amide bonds. The van der Waals surface area contributed by atoms with E-state index in [2.05, 4.69) is 24.3 Å². The molecule has 0 nitrogen and oxygen atoms in total. The smallest absolute Gasteiger partial charge is 0.0193 e. The minimum absolute atomic E-state index is 0.883. The van der Waals surface area contributed by atoms with Crippen LogP contribution in [0.2, 0.25) is 0 Å². The fraction of sp³-hybridized carbons (Fsp3) is 0.556. The zero-order valence-electron chi connectivity index (χ0n) is 5.59. The van der Waals surface area contributed by atoms with Crippen molar-refractivity contribution < 1.29 is 0 Å². The Morgan fingerprint density at radius 3 is 1.89 bits per heavy atom. The molecule has 0 fully saturated rings. The van der Waals surface area contributed by atoms with Gasteiger partial charge in [0, 0.05) is 0 Å². The lowest BCUT2D eigenvalue weighted by Crippen LogP contribution is -2.12. The number of hydrogen-bond acceptors (Lipinski definition) is 0. The van der Waals surface area contributed by atoms with Gasteiger partial charge in [0.2, 0.25) is 0 Å². The summed E-state index contributed by atoms with van der Waals surface area (Å²) in [5.41, 5.74) is 0. The molecule has 0 radical (unpaired) electrons. The van der Waals surface area contributed by atoms with Crippen LogP contribution in [0, 0.1) is 11.8 Å². The van der Waals surface area contributed by atoms with Crippen molar-refractivity contribution in [3.05, 3.63) is 24.3 Å². The molecule has 2 aliphatic carbocycles. The SMILES string of the molecule is C1=C[C@H]2CC=C[C@@H](C1)C2. The zero-order valence-corrected chi connectivity index (χ0v) is 5.59. The number of hydrogen-bond donors (Lipinski definition) is 0. The van der Waals surface area contributed by atoms with Gasteiger partial charge < -0.3 is 0 Å². The predicted octanol–water partition coefficient (Wildman–Crippen LogP) is 2.53. The van der Waals surface area contributed by atoms with Crippen LogP contribution in [0.15, 0.2) is 24.3 Å². The summed E-state index contributed by atoms with van der Waals surface area (Å²) in [6.45, 7) is 0. The highest BCUT2D eigenvalue weighted by Gasteiger charge is 2.17. The summed E-state index contributed by atoms with van der Waals surface area (Å²) < 4.78 is 0. The second-order valence-corrected chi connectivity index (χ2v) is 3.08. The number of rotatable bonds is 0. The van der Waals surface area contributed by atoms with Crippen molar-refractivity contribution in [3.8, 4) is 0 Å². The summed E-state index contributed by atoms with van der Waals surface area (Å²) in [6.07, 6.45) is 13.4. The van der Waals surface area contributed by atoms with Gasteiger partial charge in [0.25, 0.3) is 0 Å². The van der Waals surface area contributed by atoms with Crippen LogP contribution in [0.3, 0.4) is 0 Å². The van der Waals surface area contributed by atoms with Crippen molar-refractivity contribution in [2.45, 2.75) is 19.3 Å². The van der Waals surface area contributed by atoms with E-state index in [1.165, 1.54) is 19.3 Å². The maximum atomic E-state index is 2.38. The summed E-state index contributed by atoms with van der Waals surface area (Å²) in [5, 5.41) is 0. The van der Waals surface area contributed by atoms with Crippen molar-refractivity contribution in [1.82, 2.24) is 0 Å². The molecule has 0 saturated carbocycles. The first-order chi connectivity index (χ1) is 4.45. The molecule has 0 aliphatic heterocycles. The summed E-state index contributed by atoms with van der Waals surface area (Å²) >= 11 is 0. The topological polar surface area (TPSA) is 0 Å². The maximum absolute atomic E-state index is 2.38. The quantitative estimate of drug-likeness (QED) is 0.431. The Balaban J connectivity index is 2.20. The van der Waals surface area contributed by atoms with Crippen molar-refractivity contribution in [1.29, 1.82) is 0 Å². The Kier molecular flexibility index (Phi) is 1.18. The molecule has 0 heteroatoms. The van der Waals surface area contributed by atoms with Crippen LogP contribution in [0.1, 0.15) is 19.3 Å². The molecule has 0 heterocycles. The third kappa shape index (κ3) is 0.937. The lowest BCUT2D eigenvalue weighted by molar-refractivity contribution is 0.443. The first kappa shape index (κ1) is 5.28. The Labute approximate surface area is 56.3 Å². The predicted molar refractivity (Wildman–Crippen MR) is 39.1 cm³/mol. The van der Waals surface area contributed by atoms with E-state index in [1.54, 1.807) is 0 Å². The first-order valence-electron chi connectivity index (χ1n) is 3.78. The second kappa shape index (κ2) is 2.02. The van der Waals surface area contributed by atoms with Crippen LogP contribution in [0.4, 0.5) is 0 Å². The van der Waals surface area contributed by atoms with Crippen LogP contribution < -0.4 is 0 Å². The van der Waals surface area contributed by atoms with E-state index in [0.717, 1.165) is 11.8 Å². The highest BCUT2D eigenvalue weighted by Crippen LogP contribution is 2.30. The molecule has 9 heavy (non-hydrogen) atoms. The molecule has 48 valence electrons.